The Hall–Kier alpha value is -4.46. The molecule has 0 aliphatic carbocycles. The molecule has 0 radical (unpaired) electrons. The van der Waals surface area contributed by atoms with Crippen molar-refractivity contribution in [2.75, 3.05) is 13.2 Å². The Morgan fingerprint density at radius 1 is 1.05 bits per heavy atom. The Balaban J connectivity index is 1.97. The number of unbranched alkanes of at least 4 members (excludes halogenated alkanes) is 2. The molecule has 1 amide bonds. The lowest BCUT2D eigenvalue weighted by molar-refractivity contribution is 0.0256. The van der Waals surface area contributed by atoms with Crippen molar-refractivity contribution in [2.24, 2.45) is 0 Å². The molecule has 0 fully saturated rings. The van der Waals surface area contributed by atoms with Crippen LogP contribution in [0.4, 0.5) is 4.79 Å². The molecule has 1 N–H and O–H groups in total. The molecular formula is C33H39NO7. The van der Waals surface area contributed by atoms with E-state index in [4.69, 9.17) is 18.6 Å². The summed E-state index contributed by atoms with van der Waals surface area (Å²) in [4.78, 5) is 27.6. The molecule has 41 heavy (non-hydrogen) atoms. The molecule has 0 spiro atoms. The number of esters is 1. The highest BCUT2D eigenvalue weighted by Crippen LogP contribution is 2.38. The number of aromatic hydroxyl groups is 1. The van der Waals surface area contributed by atoms with Gasteiger partial charge in [0.25, 0.3) is 0 Å². The number of rotatable bonds is 14. The zero-order valence-corrected chi connectivity index (χ0v) is 24.1. The molecule has 3 rings (SSSR count). The summed E-state index contributed by atoms with van der Waals surface area (Å²) in [5, 5.41) is 11.0. The van der Waals surface area contributed by atoms with Crippen LogP contribution in [0.3, 0.4) is 0 Å². The van der Waals surface area contributed by atoms with Crippen molar-refractivity contribution in [1.29, 1.82) is 0 Å². The molecular weight excluding hydrogens is 522 g/mol. The maximum atomic E-state index is 13.2. The number of amides is 1. The van der Waals surface area contributed by atoms with E-state index in [0.29, 0.717) is 23.5 Å². The van der Waals surface area contributed by atoms with E-state index in [-0.39, 0.29) is 43.2 Å². The molecule has 2 aromatic carbocycles. The fourth-order valence-electron chi connectivity index (χ4n) is 4.03. The number of nitrogens with zero attached hydrogens (tertiary/aromatic N) is 1. The lowest BCUT2D eigenvalue weighted by Crippen LogP contribution is -2.36. The Labute approximate surface area is 241 Å². The number of benzene rings is 2. The first-order chi connectivity index (χ1) is 19.6. The fourth-order valence-corrected chi connectivity index (χ4v) is 4.03. The molecule has 3 aromatic rings. The smallest absolute Gasteiger partial charge is 0.410 e. The van der Waals surface area contributed by atoms with Gasteiger partial charge in [0, 0.05) is 23.7 Å². The number of hydrogen-bond donors (Lipinski definition) is 1. The molecule has 0 aliphatic heterocycles. The van der Waals surface area contributed by atoms with Gasteiger partial charge in [-0.3, -0.25) is 0 Å². The van der Waals surface area contributed by atoms with Gasteiger partial charge >= 0.3 is 12.1 Å². The first-order valence-electron chi connectivity index (χ1n) is 13.6. The van der Waals surface area contributed by atoms with Crippen LogP contribution in [0, 0.1) is 0 Å². The van der Waals surface area contributed by atoms with E-state index < -0.39 is 17.7 Å². The number of carbonyl (C=O) groups excluding carboxylic acids is 2. The largest absolute Gasteiger partial charge is 0.507 e. The van der Waals surface area contributed by atoms with Crippen LogP contribution in [0.1, 0.15) is 61.5 Å². The second-order valence-corrected chi connectivity index (χ2v) is 10.5. The first-order valence-corrected chi connectivity index (χ1v) is 13.6. The maximum Gasteiger partial charge on any atom is 0.410 e. The van der Waals surface area contributed by atoms with E-state index in [2.05, 4.69) is 13.2 Å². The molecule has 0 aliphatic rings. The number of hydrogen-bond acceptors (Lipinski definition) is 7. The minimum Gasteiger partial charge on any atom is -0.507 e. The SMILES string of the molecule is C=CCCCCOC(=O)c1c(O)cc(OCc2ccccc2)cc1-c1occc1CN(CC=C)C(=O)OC(C)(C)C. The number of carbonyl (C=O) groups is 2. The van der Waals surface area contributed by atoms with Gasteiger partial charge in [-0.2, -0.15) is 0 Å². The fraction of sp³-hybridized carbons (Fsp3) is 0.333. The Morgan fingerprint density at radius 3 is 2.49 bits per heavy atom. The third kappa shape index (κ3) is 9.31. The quantitative estimate of drug-likeness (QED) is 0.122. The van der Waals surface area contributed by atoms with Crippen LogP contribution in [0.25, 0.3) is 11.3 Å². The van der Waals surface area contributed by atoms with Gasteiger partial charge in [0.15, 0.2) is 0 Å². The summed E-state index contributed by atoms with van der Waals surface area (Å²) in [6.07, 6.45) is 6.65. The normalized spacial score (nSPS) is 11.0. The lowest BCUT2D eigenvalue weighted by atomic mass is 10.0. The predicted molar refractivity (Wildman–Crippen MR) is 158 cm³/mol. The van der Waals surface area contributed by atoms with Gasteiger partial charge in [-0.05, 0) is 57.7 Å². The number of ether oxygens (including phenoxy) is 3. The highest BCUT2D eigenvalue weighted by molar-refractivity contribution is 6.00. The Morgan fingerprint density at radius 2 is 1.80 bits per heavy atom. The van der Waals surface area contributed by atoms with E-state index in [1.807, 2.05) is 36.4 Å². The monoisotopic (exact) mass is 561 g/mol. The third-order valence-electron chi connectivity index (χ3n) is 5.93. The van der Waals surface area contributed by atoms with Crippen LogP contribution in [-0.2, 0) is 22.6 Å². The molecule has 0 unspecified atom stereocenters. The molecule has 218 valence electrons. The standard InChI is InChI=1S/C33H39NO7/c1-6-8-9-13-18-39-31(36)29-27(20-26(21-28(29)35)40-23-24-14-11-10-12-15-24)30-25(16-19-38-30)22-34(17-7-2)32(37)41-33(3,4)5/h6-7,10-12,14-16,19-21,35H,1-2,8-9,13,17-18,22-23H2,3-5H3. The van der Waals surface area contributed by atoms with E-state index in [1.54, 1.807) is 39.0 Å². The minimum atomic E-state index is -0.692. The molecule has 8 nitrogen and oxygen atoms in total. The summed E-state index contributed by atoms with van der Waals surface area (Å²) >= 11 is 0. The van der Waals surface area contributed by atoms with Gasteiger partial charge in [-0.25, -0.2) is 9.59 Å². The van der Waals surface area contributed by atoms with Gasteiger partial charge in [-0.15, -0.1) is 13.2 Å². The van der Waals surface area contributed by atoms with Crippen molar-refractivity contribution in [3.8, 4) is 22.8 Å². The van der Waals surface area contributed by atoms with E-state index in [9.17, 15) is 14.7 Å². The molecule has 1 heterocycles. The number of phenols is 1. The second kappa shape index (κ2) is 14.8. The number of allylic oxidation sites excluding steroid dienone is 1. The van der Waals surface area contributed by atoms with E-state index >= 15 is 0 Å². The van der Waals surface area contributed by atoms with E-state index in [0.717, 1.165) is 18.4 Å². The van der Waals surface area contributed by atoms with Crippen molar-refractivity contribution in [3.63, 3.8) is 0 Å². The van der Waals surface area contributed by atoms with Gasteiger partial charge in [0.1, 0.15) is 35.0 Å². The first kappa shape index (κ1) is 31.1. The summed E-state index contributed by atoms with van der Waals surface area (Å²) in [7, 11) is 0. The Kier molecular flexibility index (Phi) is 11.2. The Bertz CT molecular complexity index is 1320. The van der Waals surface area contributed by atoms with Crippen LogP contribution < -0.4 is 4.74 Å². The van der Waals surface area contributed by atoms with Crippen LogP contribution >= 0.6 is 0 Å². The summed E-state index contributed by atoms with van der Waals surface area (Å²) in [6.45, 7) is 13.6. The molecule has 0 atom stereocenters. The molecule has 0 bridgehead atoms. The molecule has 8 heteroatoms. The predicted octanol–water partition coefficient (Wildman–Crippen LogP) is 7.67. The average Bonchev–Trinajstić information content (AvgIpc) is 3.39. The van der Waals surface area contributed by atoms with Gasteiger partial charge in [0.05, 0.1) is 19.4 Å². The number of furan rings is 1. The van der Waals surface area contributed by atoms with Crippen LogP contribution in [0.5, 0.6) is 11.5 Å². The van der Waals surface area contributed by atoms with Gasteiger partial charge < -0.3 is 28.6 Å². The van der Waals surface area contributed by atoms with Crippen LogP contribution in [-0.4, -0.2) is 40.8 Å². The van der Waals surface area contributed by atoms with Gasteiger partial charge in [0.2, 0.25) is 0 Å². The summed E-state index contributed by atoms with van der Waals surface area (Å²) < 4.78 is 22.9. The van der Waals surface area contributed by atoms with Crippen LogP contribution in [0.2, 0.25) is 0 Å². The van der Waals surface area contributed by atoms with Gasteiger partial charge in [-0.1, -0.05) is 42.5 Å². The highest BCUT2D eigenvalue weighted by atomic mass is 16.6. The maximum absolute atomic E-state index is 13.2. The lowest BCUT2D eigenvalue weighted by Gasteiger charge is -2.26. The summed E-state index contributed by atoms with van der Waals surface area (Å²) in [5.74, 6) is -0.370. The average molecular weight is 562 g/mol. The van der Waals surface area contributed by atoms with Crippen molar-refractivity contribution < 1.29 is 33.3 Å². The second-order valence-electron chi connectivity index (χ2n) is 10.5. The molecule has 0 saturated heterocycles. The zero-order chi connectivity index (χ0) is 29.8. The minimum absolute atomic E-state index is 0.0514. The van der Waals surface area contributed by atoms with E-state index in [1.165, 1.54) is 17.2 Å². The highest BCUT2D eigenvalue weighted by Gasteiger charge is 2.27. The topological polar surface area (TPSA) is 98.4 Å². The zero-order valence-electron chi connectivity index (χ0n) is 24.1. The van der Waals surface area contributed by atoms with Crippen molar-refractivity contribution in [3.05, 3.63) is 96.8 Å². The van der Waals surface area contributed by atoms with Crippen LogP contribution in [0.15, 0.2) is 84.5 Å². The molecule has 1 aromatic heterocycles. The molecule has 0 saturated carbocycles. The number of phenolic OH excluding ortho intramolecular Hbond substituents is 1. The third-order valence-corrected chi connectivity index (χ3v) is 5.93. The summed E-state index contributed by atoms with van der Waals surface area (Å²) in [5.41, 5.74) is 1.08. The van der Waals surface area contributed by atoms with Crippen molar-refractivity contribution in [1.82, 2.24) is 4.90 Å². The van der Waals surface area contributed by atoms with Crippen molar-refractivity contribution >= 4 is 12.1 Å². The summed E-state index contributed by atoms with van der Waals surface area (Å²) in [6, 6.07) is 14.3. The van der Waals surface area contributed by atoms with Crippen molar-refractivity contribution in [2.45, 2.75) is 58.8 Å².